The van der Waals surface area contributed by atoms with Crippen LogP contribution in [0.15, 0.2) is 24.3 Å². The number of nitrogens with zero attached hydrogens (tertiary/aromatic N) is 1. The molecule has 0 atom stereocenters. The van der Waals surface area contributed by atoms with Gasteiger partial charge in [-0.15, -0.1) is 0 Å². The van der Waals surface area contributed by atoms with Crippen LogP contribution in [0.4, 0.5) is 0 Å². The average molecular weight is 355 g/mol. The number of ether oxygens (including phenoxy) is 1. The second-order valence-corrected chi connectivity index (χ2v) is 6.22. The lowest BCUT2D eigenvalue weighted by Gasteiger charge is -2.25. The molecule has 1 heterocycles. The fourth-order valence-corrected chi connectivity index (χ4v) is 3.41. The van der Waals surface area contributed by atoms with Crippen molar-refractivity contribution in [1.29, 1.82) is 0 Å². The zero-order valence-electron chi connectivity index (χ0n) is 14.2. The van der Waals surface area contributed by atoms with Crippen LogP contribution in [0.1, 0.15) is 25.7 Å². The molecule has 1 aliphatic carbocycles. The zero-order chi connectivity index (χ0) is 18.7. The van der Waals surface area contributed by atoms with Crippen LogP contribution in [0.5, 0.6) is 0 Å². The van der Waals surface area contributed by atoms with E-state index in [-0.39, 0.29) is 22.6 Å². The molecule has 0 amide bonds. The molecule has 0 unspecified atom stereocenters. The predicted octanol–water partition coefficient (Wildman–Crippen LogP) is -0.418. The van der Waals surface area contributed by atoms with E-state index in [2.05, 4.69) is 0 Å². The molecule has 134 valence electrons. The van der Waals surface area contributed by atoms with Gasteiger partial charge in [-0.25, -0.2) is 14.4 Å². The topological polar surface area (TPSA) is 91.7 Å². The molecule has 7 nitrogen and oxygen atoms in total. The van der Waals surface area contributed by atoms with Crippen molar-refractivity contribution in [2.24, 2.45) is 11.8 Å². The highest BCUT2D eigenvalue weighted by atomic mass is 16.7. The summed E-state index contributed by atoms with van der Waals surface area (Å²) in [4.78, 5) is 52.1. The third kappa shape index (κ3) is 3.06. The van der Waals surface area contributed by atoms with Gasteiger partial charge in [0.25, 0.3) is 0 Å². The first-order valence-corrected chi connectivity index (χ1v) is 8.30. The molecule has 0 N–H and O–H groups in total. The Morgan fingerprint density at radius 3 is 1.81 bits per heavy atom. The molecule has 7 heteroatoms. The van der Waals surface area contributed by atoms with E-state index in [1.165, 1.54) is 7.11 Å². The number of methoxy groups -OCH3 is 1. The van der Waals surface area contributed by atoms with Gasteiger partial charge >= 0.3 is 11.9 Å². The lowest BCUT2D eigenvalue weighted by atomic mass is 9.82. The molecular weight excluding hydrogens is 338 g/mol. The molecule has 1 saturated carbocycles. The largest absolute Gasteiger partial charge is 0.469 e. The number of hydrogen-bond acceptors (Lipinski definition) is 6. The first-order chi connectivity index (χ1) is 12.6. The van der Waals surface area contributed by atoms with Crippen LogP contribution in [-0.4, -0.2) is 35.7 Å². The third-order valence-corrected chi connectivity index (χ3v) is 4.81. The molecule has 0 radical (unpaired) electrons. The van der Waals surface area contributed by atoms with Crippen LogP contribution in [0.25, 0.3) is 10.8 Å². The second-order valence-electron chi connectivity index (χ2n) is 6.22. The van der Waals surface area contributed by atoms with E-state index < -0.39 is 11.9 Å². The van der Waals surface area contributed by atoms with Crippen molar-refractivity contribution in [3.8, 4) is 0 Å². The molecule has 1 aromatic heterocycles. The van der Waals surface area contributed by atoms with E-state index in [1.807, 2.05) is 0 Å². The van der Waals surface area contributed by atoms with E-state index >= 15 is 0 Å². The van der Waals surface area contributed by atoms with E-state index in [0.29, 0.717) is 36.5 Å². The van der Waals surface area contributed by atoms with Gasteiger partial charge in [0.05, 0.1) is 18.9 Å². The Hall–Kier alpha value is -3.14. The number of carbonyl (C=O) groups excluding carboxylic acids is 4. The molecular formula is C19H17NO6. The van der Waals surface area contributed by atoms with Crippen LogP contribution in [-0.2, 0) is 23.9 Å². The number of rotatable bonds is 3. The van der Waals surface area contributed by atoms with Crippen molar-refractivity contribution in [3.05, 3.63) is 35.0 Å². The van der Waals surface area contributed by atoms with Crippen LogP contribution >= 0.6 is 0 Å². The first kappa shape index (κ1) is 17.7. The molecule has 26 heavy (non-hydrogen) atoms. The molecule has 0 spiro atoms. The molecule has 0 bridgehead atoms. The van der Waals surface area contributed by atoms with Gasteiger partial charge in [0.2, 0.25) is 0 Å². The van der Waals surface area contributed by atoms with E-state index in [0.717, 1.165) is 4.73 Å². The van der Waals surface area contributed by atoms with E-state index in [9.17, 15) is 19.2 Å². The molecule has 1 fully saturated rings. The van der Waals surface area contributed by atoms with Gasteiger partial charge in [-0.1, -0.05) is 24.3 Å². The van der Waals surface area contributed by atoms with E-state index in [1.54, 1.807) is 36.1 Å². The summed E-state index contributed by atoms with van der Waals surface area (Å²) in [6.45, 7) is 0. The number of esters is 1. The number of aromatic nitrogens is 1. The highest BCUT2D eigenvalue weighted by molar-refractivity contribution is 5.88. The highest BCUT2D eigenvalue weighted by Crippen LogP contribution is 2.29. The predicted molar refractivity (Wildman–Crippen MR) is 89.8 cm³/mol. The zero-order valence-corrected chi connectivity index (χ0v) is 14.2. The van der Waals surface area contributed by atoms with E-state index in [4.69, 9.17) is 9.57 Å². The minimum atomic E-state index is -0.554. The monoisotopic (exact) mass is 355 g/mol. The van der Waals surface area contributed by atoms with Crippen molar-refractivity contribution < 1.29 is 28.8 Å². The maximum Gasteiger partial charge on any atom is 0.336 e. The van der Waals surface area contributed by atoms with Crippen LogP contribution < -0.4 is 15.5 Å². The quantitative estimate of drug-likeness (QED) is 0.695. The third-order valence-electron chi connectivity index (χ3n) is 4.81. The van der Waals surface area contributed by atoms with Gasteiger partial charge in [-0.3, -0.25) is 4.79 Å². The Bertz CT molecular complexity index is 961. The van der Waals surface area contributed by atoms with Crippen LogP contribution in [0.3, 0.4) is 0 Å². The Labute approximate surface area is 148 Å². The Balaban J connectivity index is 1.86. The van der Waals surface area contributed by atoms with Gasteiger partial charge in [0.15, 0.2) is 22.6 Å². The molecule has 0 aliphatic heterocycles. The number of hydrogen-bond donors (Lipinski definition) is 0. The summed E-state index contributed by atoms with van der Waals surface area (Å²) in [5.74, 6) is 2.00. The normalized spacial score (nSPS) is 19.4. The van der Waals surface area contributed by atoms with Gasteiger partial charge in [-0.2, -0.15) is 4.73 Å². The summed E-state index contributed by atoms with van der Waals surface area (Å²) in [5.41, 5.74) is 0. The van der Waals surface area contributed by atoms with Crippen molar-refractivity contribution in [2.75, 3.05) is 7.11 Å². The van der Waals surface area contributed by atoms with Crippen molar-refractivity contribution in [2.45, 2.75) is 25.7 Å². The number of fused-ring (bicyclic) bond motifs is 1. The fraction of sp³-hybridized carbons (Fsp3) is 0.368. The summed E-state index contributed by atoms with van der Waals surface area (Å²) >= 11 is 0. The number of benzene rings is 1. The van der Waals surface area contributed by atoms with Crippen molar-refractivity contribution in [3.63, 3.8) is 0 Å². The maximum atomic E-state index is 12.5. The van der Waals surface area contributed by atoms with Crippen molar-refractivity contribution >= 4 is 34.6 Å². The molecule has 2 aromatic rings. The van der Waals surface area contributed by atoms with Gasteiger partial charge in [0.1, 0.15) is 0 Å². The standard InChI is InChI=1S/C19H17NO6/c1-25-18(23)12-6-8-13(9-7-12)19(24)26-20-16(10-21)14-4-2-3-5-15(14)17(20)11-22/h2-5,12-13H,6-9H2,1H3. The minimum Gasteiger partial charge on any atom is -0.469 e. The summed E-state index contributed by atoms with van der Waals surface area (Å²) in [5, 5.41) is 0.859. The molecule has 1 aliphatic rings. The summed E-state index contributed by atoms with van der Waals surface area (Å²) < 4.78 is 5.63. The summed E-state index contributed by atoms with van der Waals surface area (Å²) in [6.07, 6.45) is 2.00. The molecule has 1 aromatic carbocycles. The molecule has 0 saturated heterocycles. The van der Waals surface area contributed by atoms with Crippen LogP contribution in [0, 0.1) is 11.8 Å². The SMILES string of the molecule is COC(=O)C1CCC(C(=O)On2c(=C=O)c3ccccc3c2=C=O)CC1. The lowest BCUT2D eigenvalue weighted by molar-refractivity contribution is -0.154. The second kappa shape index (κ2) is 7.40. The fourth-order valence-electron chi connectivity index (χ4n) is 3.41. The lowest BCUT2D eigenvalue weighted by Crippen LogP contribution is -2.41. The van der Waals surface area contributed by atoms with Gasteiger partial charge in [-0.05, 0) is 25.7 Å². The average Bonchev–Trinajstić information content (AvgIpc) is 2.99. The summed E-state index contributed by atoms with van der Waals surface area (Å²) in [7, 11) is 1.34. The first-order valence-electron chi connectivity index (χ1n) is 8.30. The maximum absolute atomic E-state index is 12.5. The minimum absolute atomic E-state index is 0.0319. The Morgan fingerprint density at radius 1 is 0.923 bits per heavy atom. The number of carbonyl (C=O) groups is 2. The Kier molecular flexibility index (Phi) is 5.03. The highest BCUT2D eigenvalue weighted by Gasteiger charge is 2.32. The van der Waals surface area contributed by atoms with Gasteiger partial charge < -0.3 is 9.57 Å². The molecule has 3 rings (SSSR count). The van der Waals surface area contributed by atoms with Crippen molar-refractivity contribution in [1.82, 2.24) is 4.73 Å². The summed E-state index contributed by atoms with van der Waals surface area (Å²) in [6, 6.07) is 6.70. The smallest absolute Gasteiger partial charge is 0.336 e. The Morgan fingerprint density at radius 2 is 1.38 bits per heavy atom. The van der Waals surface area contributed by atoms with Crippen LogP contribution in [0.2, 0.25) is 0 Å². The van der Waals surface area contributed by atoms with Gasteiger partial charge in [0, 0.05) is 10.8 Å².